The maximum absolute atomic E-state index is 6.24. The SMILES string of the molecule is CCC1CCCC(CN)(N2CCC(C(C)C)CC2)C1. The van der Waals surface area contributed by atoms with E-state index in [9.17, 15) is 0 Å². The Bertz CT molecular complexity index is 268. The van der Waals surface area contributed by atoms with E-state index in [0.717, 1.165) is 24.3 Å². The van der Waals surface area contributed by atoms with Gasteiger partial charge >= 0.3 is 0 Å². The van der Waals surface area contributed by atoms with Crippen molar-refractivity contribution >= 4 is 0 Å². The molecule has 1 saturated carbocycles. The standard InChI is InChI=1S/C17H34N2/c1-4-15-6-5-9-17(12-15,13-18)19-10-7-16(8-11-19)14(2)3/h14-16H,4-13,18H2,1-3H3. The summed E-state index contributed by atoms with van der Waals surface area (Å²) in [4.78, 5) is 2.77. The summed E-state index contributed by atoms with van der Waals surface area (Å²) in [5.41, 5.74) is 6.59. The van der Waals surface area contributed by atoms with Crippen LogP contribution in [0.2, 0.25) is 0 Å². The van der Waals surface area contributed by atoms with Crippen molar-refractivity contribution in [3.8, 4) is 0 Å². The largest absolute Gasteiger partial charge is 0.329 e. The van der Waals surface area contributed by atoms with Gasteiger partial charge in [0.15, 0.2) is 0 Å². The number of rotatable bonds is 4. The van der Waals surface area contributed by atoms with Crippen LogP contribution in [-0.2, 0) is 0 Å². The Morgan fingerprint density at radius 3 is 2.42 bits per heavy atom. The highest BCUT2D eigenvalue weighted by molar-refractivity contribution is 4.98. The number of nitrogens with zero attached hydrogens (tertiary/aromatic N) is 1. The zero-order valence-corrected chi connectivity index (χ0v) is 13.3. The third-order valence-electron chi connectivity index (χ3n) is 6.03. The Morgan fingerprint density at radius 1 is 1.21 bits per heavy atom. The van der Waals surface area contributed by atoms with E-state index < -0.39 is 0 Å². The Hall–Kier alpha value is -0.0800. The number of hydrogen-bond acceptors (Lipinski definition) is 2. The molecule has 1 aliphatic carbocycles. The molecule has 1 aliphatic heterocycles. The van der Waals surface area contributed by atoms with E-state index in [1.54, 1.807) is 0 Å². The highest BCUT2D eigenvalue weighted by atomic mass is 15.2. The second-order valence-electron chi connectivity index (χ2n) is 7.37. The van der Waals surface area contributed by atoms with Gasteiger partial charge in [-0.25, -0.2) is 0 Å². The second kappa shape index (κ2) is 6.58. The van der Waals surface area contributed by atoms with Gasteiger partial charge in [0.25, 0.3) is 0 Å². The molecule has 0 aromatic heterocycles. The molecule has 1 heterocycles. The molecular formula is C17H34N2. The molecule has 0 aromatic carbocycles. The van der Waals surface area contributed by atoms with E-state index in [4.69, 9.17) is 5.73 Å². The summed E-state index contributed by atoms with van der Waals surface area (Å²) in [7, 11) is 0. The third-order valence-corrected chi connectivity index (χ3v) is 6.03. The van der Waals surface area contributed by atoms with Crippen molar-refractivity contribution < 1.29 is 0 Å². The maximum atomic E-state index is 6.24. The van der Waals surface area contributed by atoms with Gasteiger partial charge in [-0.1, -0.05) is 40.0 Å². The van der Waals surface area contributed by atoms with Gasteiger partial charge in [-0.05, 0) is 56.5 Å². The van der Waals surface area contributed by atoms with E-state index in [1.165, 1.54) is 58.0 Å². The third kappa shape index (κ3) is 3.33. The number of likely N-dealkylation sites (tertiary alicyclic amines) is 1. The summed E-state index contributed by atoms with van der Waals surface area (Å²) in [5, 5.41) is 0. The first-order valence-corrected chi connectivity index (χ1v) is 8.56. The first-order chi connectivity index (χ1) is 9.11. The summed E-state index contributed by atoms with van der Waals surface area (Å²) >= 11 is 0. The highest BCUT2D eigenvalue weighted by Gasteiger charge is 2.41. The van der Waals surface area contributed by atoms with Crippen molar-refractivity contribution in [2.75, 3.05) is 19.6 Å². The van der Waals surface area contributed by atoms with Gasteiger partial charge in [-0.2, -0.15) is 0 Å². The molecule has 2 nitrogen and oxygen atoms in total. The van der Waals surface area contributed by atoms with Crippen LogP contribution >= 0.6 is 0 Å². The smallest absolute Gasteiger partial charge is 0.0334 e. The first-order valence-electron chi connectivity index (χ1n) is 8.56. The zero-order valence-electron chi connectivity index (χ0n) is 13.3. The molecule has 0 spiro atoms. The average molecular weight is 266 g/mol. The molecule has 19 heavy (non-hydrogen) atoms. The summed E-state index contributed by atoms with van der Waals surface area (Å²) in [5.74, 6) is 2.71. The monoisotopic (exact) mass is 266 g/mol. The van der Waals surface area contributed by atoms with Gasteiger partial charge in [-0.15, -0.1) is 0 Å². The van der Waals surface area contributed by atoms with Gasteiger partial charge in [0, 0.05) is 12.1 Å². The van der Waals surface area contributed by atoms with Crippen LogP contribution in [-0.4, -0.2) is 30.1 Å². The van der Waals surface area contributed by atoms with Crippen molar-refractivity contribution in [3.63, 3.8) is 0 Å². The minimum absolute atomic E-state index is 0.348. The molecule has 2 unspecified atom stereocenters. The van der Waals surface area contributed by atoms with Crippen molar-refractivity contribution in [1.29, 1.82) is 0 Å². The van der Waals surface area contributed by atoms with E-state index >= 15 is 0 Å². The molecule has 0 aromatic rings. The lowest BCUT2D eigenvalue weighted by Crippen LogP contribution is -2.58. The molecule has 0 radical (unpaired) electrons. The van der Waals surface area contributed by atoms with Crippen LogP contribution in [0.1, 0.15) is 65.7 Å². The highest BCUT2D eigenvalue weighted by Crippen LogP contribution is 2.40. The van der Waals surface area contributed by atoms with Crippen LogP contribution in [0.5, 0.6) is 0 Å². The van der Waals surface area contributed by atoms with E-state index in [1.807, 2.05) is 0 Å². The predicted octanol–water partition coefficient (Wildman–Crippen LogP) is 3.65. The summed E-state index contributed by atoms with van der Waals surface area (Å²) < 4.78 is 0. The molecule has 2 N–H and O–H groups in total. The van der Waals surface area contributed by atoms with Crippen molar-refractivity contribution in [1.82, 2.24) is 4.90 Å². The Morgan fingerprint density at radius 2 is 1.89 bits per heavy atom. The van der Waals surface area contributed by atoms with Gasteiger partial charge in [-0.3, -0.25) is 4.90 Å². The average Bonchev–Trinajstić information content (AvgIpc) is 2.47. The molecule has 2 aliphatic rings. The van der Waals surface area contributed by atoms with Crippen LogP contribution in [0.4, 0.5) is 0 Å². The Kier molecular flexibility index (Phi) is 5.30. The molecule has 112 valence electrons. The summed E-state index contributed by atoms with van der Waals surface area (Å²) in [6.45, 7) is 10.6. The van der Waals surface area contributed by atoms with Crippen molar-refractivity contribution in [2.45, 2.75) is 71.3 Å². The van der Waals surface area contributed by atoms with Crippen LogP contribution in [0.3, 0.4) is 0 Å². The molecule has 2 heteroatoms. The molecule has 2 atom stereocenters. The molecule has 2 rings (SSSR count). The quantitative estimate of drug-likeness (QED) is 0.841. The summed E-state index contributed by atoms with van der Waals surface area (Å²) in [6, 6.07) is 0. The van der Waals surface area contributed by atoms with Crippen molar-refractivity contribution in [3.05, 3.63) is 0 Å². The van der Waals surface area contributed by atoms with E-state index in [2.05, 4.69) is 25.7 Å². The minimum atomic E-state index is 0.348. The number of nitrogens with two attached hydrogens (primary N) is 1. The van der Waals surface area contributed by atoms with Gasteiger partial charge in [0.05, 0.1) is 0 Å². The van der Waals surface area contributed by atoms with Crippen LogP contribution < -0.4 is 5.73 Å². The topological polar surface area (TPSA) is 29.3 Å². The molecular weight excluding hydrogens is 232 g/mol. The fourth-order valence-electron chi connectivity index (χ4n) is 4.45. The molecule has 0 amide bonds. The predicted molar refractivity (Wildman–Crippen MR) is 83.2 cm³/mol. The van der Waals surface area contributed by atoms with Crippen LogP contribution in [0.25, 0.3) is 0 Å². The Labute approximate surface area is 120 Å². The number of piperidine rings is 1. The lowest BCUT2D eigenvalue weighted by atomic mass is 9.72. The van der Waals surface area contributed by atoms with Crippen LogP contribution in [0, 0.1) is 17.8 Å². The molecule has 1 saturated heterocycles. The second-order valence-corrected chi connectivity index (χ2v) is 7.37. The van der Waals surface area contributed by atoms with E-state index in [-0.39, 0.29) is 0 Å². The maximum Gasteiger partial charge on any atom is 0.0334 e. The number of hydrogen-bond donors (Lipinski definition) is 1. The van der Waals surface area contributed by atoms with Crippen LogP contribution in [0.15, 0.2) is 0 Å². The first kappa shape index (κ1) is 15.3. The van der Waals surface area contributed by atoms with Gasteiger partial charge in [0.2, 0.25) is 0 Å². The molecule has 2 fully saturated rings. The lowest BCUT2D eigenvalue weighted by Gasteiger charge is -2.51. The van der Waals surface area contributed by atoms with Crippen molar-refractivity contribution in [2.24, 2.45) is 23.5 Å². The lowest BCUT2D eigenvalue weighted by molar-refractivity contribution is 0.00407. The minimum Gasteiger partial charge on any atom is -0.329 e. The fourth-order valence-corrected chi connectivity index (χ4v) is 4.45. The normalized spacial score (nSPS) is 34.9. The summed E-state index contributed by atoms with van der Waals surface area (Å²) in [6.07, 6.45) is 9.62. The zero-order chi connectivity index (χ0) is 13.9. The van der Waals surface area contributed by atoms with Gasteiger partial charge in [0.1, 0.15) is 0 Å². The Balaban J connectivity index is 1.98. The molecule has 0 bridgehead atoms. The van der Waals surface area contributed by atoms with E-state index in [0.29, 0.717) is 5.54 Å². The fraction of sp³-hybridized carbons (Fsp3) is 1.00. The van der Waals surface area contributed by atoms with Gasteiger partial charge < -0.3 is 5.73 Å².